The lowest BCUT2D eigenvalue weighted by atomic mass is 10.2. The number of likely N-dealkylation sites (tertiary alicyclic amines) is 1. The third-order valence-corrected chi connectivity index (χ3v) is 5.12. The van der Waals surface area contributed by atoms with E-state index in [0.29, 0.717) is 6.04 Å². The fourth-order valence-corrected chi connectivity index (χ4v) is 3.88. The van der Waals surface area contributed by atoms with Crippen LogP contribution < -0.4 is 10.6 Å². The quantitative estimate of drug-likeness (QED) is 0.454. The van der Waals surface area contributed by atoms with Gasteiger partial charge in [0.2, 0.25) is 0 Å². The Morgan fingerprint density at radius 2 is 2.17 bits per heavy atom. The molecule has 2 N–H and O–H groups in total. The van der Waals surface area contributed by atoms with Crippen LogP contribution in [-0.2, 0) is 6.54 Å². The molecule has 2 fully saturated rings. The first-order valence-electron chi connectivity index (χ1n) is 9.61. The maximum atomic E-state index is 4.73. The van der Waals surface area contributed by atoms with Gasteiger partial charge in [0.05, 0.1) is 0 Å². The van der Waals surface area contributed by atoms with Crippen LogP contribution in [-0.4, -0.2) is 58.9 Å². The Kier molecular flexibility index (Phi) is 6.52. The molecule has 1 aromatic heterocycles. The minimum atomic E-state index is 0.537. The van der Waals surface area contributed by atoms with Gasteiger partial charge in [-0.15, -0.1) is 0 Å². The van der Waals surface area contributed by atoms with E-state index < -0.39 is 0 Å². The van der Waals surface area contributed by atoms with Crippen LogP contribution in [0.3, 0.4) is 0 Å². The number of rotatable bonds is 7. The van der Waals surface area contributed by atoms with Gasteiger partial charge in [-0.2, -0.15) is 5.10 Å². The molecule has 2 aliphatic rings. The molecule has 1 atom stereocenters. The van der Waals surface area contributed by atoms with Crippen LogP contribution in [0.5, 0.6) is 0 Å². The number of aromatic nitrogens is 2. The first-order valence-corrected chi connectivity index (χ1v) is 9.61. The van der Waals surface area contributed by atoms with Gasteiger partial charge in [0, 0.05) is 57.2 Å². The monoisotopic (exact) mass is 332 g/mol. The Morgan fingerprint density at radius 3 is 2.92 bits per heavy atom. The Morgan fingerprint density at radius 1 is 1.29 bits per heavy atom. The first kappa shape index (κ1) is 17.3. The van der Waals surface area contributed by atoms with Crippen molar-refractivity contribution in [2.45, 2.75) is 64.1 Å². The van der Waals surface area contributed by atoms with Crippen LogP contribution in [0.25, 0.3) is 0 Å². The molecular formula is C18H32N6. The second-order valence-electron chi connectivity index (χ2n) is 6.95. The minimum absolute atomic E-state index is 0.537. The smallest absolute Gasteiger partial charge is 0.191 e. The van der Waals surface area contributed by atoms with Gasteiger partial charge >= 0.3 is 0 Å². The van der Waals surface area contributed by atoms with Gasteiger partial charge in [0.1, 0.15) is 0 Å². The summed E-state index contributed by atoms with van der Waals surface area (Å²) in [6, 6.07) is 3.34. The largest absolute Gasteiger partial charge is 0.357 e. The van der Waals surface area contributed by atoms with Crippen molar-refractivity contribution in [2.75, 3.05) is 26.2 Å². The van der Waals surface area contributed by atoms with Gasteiger partial charge in [0.25, 0.3) is 0 Å². The number of guanidine groups is 1. The maximum Gasteiger partial charge on any atom is 0.191 e. The summed E-state index contributed by atoms with van der Waals surface area (Å²) in [5.74, 6) is 0.969. The number of nitrogens with zero attached hydrogens (tertiary/aromatic N) is 4. The average molecular weight is 332 g/mol. The molecule has 0 aromatic carbocycles. The second kappa shape index (κ2) is 9.06. The fraction of sp³-hybridized carbons (Fsp3) is 0.778. The standard InChI is InChI=1S/C18H32N6/c1-2-19-18(20-10-5-12-24-13-6-11-21-24)22-16-9-14-23(15-16)17-7-3-4-8-17/h6,11,13,16-17H,2-5,7-10,12,14-15H2,1H3,(H2,19,20,22). The van der Waals surface area contributed by atoms with Gasteiger partial charge in [-0.25, -0.2) is 0 Å². The number of aryl methyl sites for hydroxylation is 1. The summed E-state index contributed by atoms with van der Waals surface area (Å²) in [5.41, 5.74) is 0. The number of nitrogens with one attached hydrogen (secondary N) is 2. The summed E-state index contributed by atoms with van der Waals surface area (Å²) in [7, 11) is 0. The molecule has 0 radical (unpaired) electrons. The molecule has 3 rings (SSSR count). The van der Waals surface area contributed by atoms with E-state index in [9.17, 15) is 0 Å². The van der Waals surface area contributed by atoms with Crippen molar-refractivity contribution in [3.63, 3.8) is 0 Å². The van der Waals surface area contributed by atoms with Gasteiger partial charge in [-0.3, -0.25) is 14.6 Å². The lowest BCUT2D eigenvalue weighted by Crippen LogP contribution is -2.45. The molecule has 0 spiro atoms. The van der Waals surface area contributed by atoms with Crippen LogP contribution in [0.1, 0.15) is 45.4 Å². The van der Waals surface area contributed by atoms with Crippen LogP contribution in [0.2, 0.25) is 0 Å². The SMILES string of the molecule is CCNC(=NCCCn1cccn1)NC1CCN(C2CCCC2)C1. The van der Waals surface area contributed by atoms with E-state index in [1.807, 2.05) is 23.1 Å². The highest BCUT2D eigenvalue weighted by molar-refractivity contribution is 5.80. The van der Waals surface area contributed by atoms with Crippen LogP contribution in [0, 0.1) is 0 Å². The second-order valence-corrected chi connectivity index (χ2v) is 6.95. The van der Waals surface area contributed by atoms with Crippen molar-refractivity contribution >= 4 is 5.96 Å². The predicted molar refractivity (Wildman–Crippen MR) is 98.2 cm³/mol. The zero-order chi connectivity index (χ0) is 16.6. The third kappa shape index (κ3) is 4.97. The van der Waals surface area contributed by atoms with Crippen molar-refractivity contribution in [3.05, 3.63) is 18.5 Å². The summed E-state index contributed by atoms with van der Waals surface area (Å²) < 4.78 is 1.96. The van der Waals surface area contributed by atoms with E-state index in [-0.39, 0.29) is 0 Å². The van der Waals surface area contributed by atoms with Gasteiger partial charge in [0.15, 0.2) is 5.96 Å². The van der Waals surface area contributed by atoms with Crippen molar-refractivity contribution in [2.24, 2.45) is 4.99 Å². The molecule has 1 unspecified atom stereocenters. The number of hydrogen-bond acceptors (Lipinski definition) is 3. The molecule has 6 nitrogen and oxygen atoms in total. The van der Waals surface area contributed by atoms with Crippen LogP contribution in [0.15, 0.2) is 23.5 Å². The van der Waals surface area contributed by atoms with Crippen molar-refractivity contribution < 1.29 is 0 Å². The topological polar surface area (TPSA) is 57.5 Å². The summed E-state index contributed by atoms with van der Waals surface area (Å²) in [4.78, 5) is 7.42. The molecule has 1 saturated carbocycles. The third-order valence-electron chi connectivity index (χ3n) is 5.12. The Balaban J connectivity index is 1.42. The molecule has 134 valence electrons. The maximum absolute atomic E-state index is 4.73. The number of aliphatic imine (C=N–C) groups is 1. The molecule has 24 heavy (non-hydrogen) atoms. The first-order chi connectivity index (χ1) is 11.8. The Bertz CT molecular complexity index is 492. The van der Waals surface area contributed by atoms with E-state index >= 15 is 0 Å². The summed E-state index contributed by atoms with van der Waals surface area (Å²) >= 11 is 0. The normalized spacial score (nSPS) is 23.0. The van der Waals surface area contributed by atoms with E-state index in [1.54, 1.807) is 0 Å². The summed E-state index contributed by atoms with van der Waals surface area (Å²) in [5, 5.41) is 11.3. The Hall–Kier alpha value is -1.56. The molecule has 0 amide bonds. The molecule has 1 aliphatic heterocycles. The number of hydrogen-bond donors (Lipinski definition) is 2. The zero-order valence-electron chi connectivity index (χ0n) is 15.0. The van der Waals surface area contributed by atoms with Crippen molar-refractivity contribution in [1.29, 1.82) is 0 Å². The van der Waals surface area contributed by atoms with E-state index in [4.69, 9.17) is 4.99 Å². The highest BCUT2D eigenvalue weighted by Gasteiger charge is 2.30. The van der Waals surface area contributed by atoms with Gasteiger partial charge < -0.3 is 10.6 Å². The minimum Gasteiger partial charge on any atom is -0.357 e. The molecule has 1 saturated heterocycles. The lowest BCUT2D eigenvalue weighted by molar-refractivity contribution is 0.242. The fourth-order valence-electron chi connectivity index (χ4n) is 3.88. The average Bonchev–Trinajstić information content (AvgIpc) is 3.32. The van der Waals surface area contributed by atoms with Gasteiger partial charge in [-0.1, -0.05) is 12.8 Å². The molecule has 2 heterocycles. The van der Waals surface area contributed by atoms with E-state index in [0.717, 1.165) is 38.1 Å². The molecule has 0 bridgehead atoms. The van der Waals surface area contributed by atoms with Crippen LogP contribution in [0.4, 0.5) is 0 Å². The lowest BCUT2D eigenvalue weighted by Gasteiger charge is -2.24. The highest BCUT2D eigenvalue weighted by Crippen LogP contribution is 2.26. The molecule has 6 heteroatoms. The summed E-state index contributed by atoms with van der Waals surface area (Å²) in [6.07, 6.45) is 11.7. The Labute approximate surface area is 145 Å². The van der Waals surface area contributed by atoms with Crippen LogP contribution >= 0.6 is 0 Å². The molecular weight excluding hydrogens is 300 g/mol. The highest BCUT2D eigenvalue weighted by atomic mass is 15.3. The van der Waals surface area contributed by atoms with E-state index in [2.05, 4.69) is 27.6 Å². The molecule has 1 aromatic rings. The zero-order valence-corrected chi connectivity index (χ0v) is 15.0. The van der Waals surface area contributed by atoms with E-state index in [1.165, 1.54) is 45.2 Å². The predicted octanol–water partition coefficient (Wildman–Crippen LogP) is 1.85. The summed E-state index contributed by atoms with van der Waals surface area (Å²) in [6.45, 7) is 7.19. The van der Waals surface area contributed by atoms with Crippen molar-refractivity contribution in [3.8, 4) is 0 Å². The van der Waals surface area contributed by atoms with Gasteiger partial charge in [-0.05, 0) is 38.7 Å². The molecule has 1 aliphatic carbocycles. The van der Waals surface area contributed by atoms with Crippen molar-refractivity contribution in [1.82, 2.24) is 25.3 Å².